The molecule has 2 aromatic rings. The largest absolute Gasteiger partial charge is 2.00 e. The average Bonchev–Trinajstić information content (AvgIpc) is 2.92. The second-order valence-electron chi connectivity index (χ2n) is 9.56. The summed E-state index contributed by atoms with van der Waals surface area (Å²) in [7, 11) is -27.3. The number of rotatable bonds is 8. The molecule has 0 radical (unpaired) electrons. The summed E-state index contributed by atoms with van der Waals surface area (Å²) < 4.78 is 368. The predicted molar refractivity (Wildman–Crippen MR) is 140 cm³/mol. The van der Waals surface area contributed by atoms with Crippen molar-refractivity contribution in [3.05, 3.63) is 66.9 Å². The minimum absolute atomic E-state index is 0. The van der Waals surface area contributed by atoms with E-state index >= 15 is 0 Å². The fourth-order valence-electron chi connectivity index (χ4n) is 2.88. The van der Waals surface area contributed by atoms with Gasteiger partial charge in [-0.2, -0.15) is 96.6 Å². The molecule has 0 fully saturated rings. The van der Waals surface area contributed by atoms with Gasteiger partial charge in [-0.25, -0.2) is 33.7 Å². The van der Waals surface area contributed by atoms with Gasteiger partial charge in [0.1, 0.15) is 20.0 Å². The third-order valence-electron chi connectivity index (χ3n) is 5.42. The Morgan fingerprint density at radius 3 is 0.649 bits per heavy atom. The van der Waals surface area contributed by atoms with Crippen LogP contribution in [0.2, 0.25) is 0 Å². The Morgan fingerprint density at radius 2 is 0.509 bits per heavy atom. The van der Waals surface area contributed by atoms with E-state index in [1.165, 1.54) is 8.25 Å². The van der Waals surface area contributed by atoms with Crippen LogP contribution in [0.15, 0.2) is 46.2 Å². The van der Waals surface area contributed by atoms with E-state index in [2.05, 4.69) is 0 Å². The van der Waals surface area contributed by atoms with E-state index in [4.69, 9.17) is 0 Å². The molecule has 0 atom stereocenters. The fraction of sp³-hybridized carbons (Fsp3) is 0.400. The van der Waals surface area contributed by atoms with Gasteiger partial charge in [-0.3, -0.25) is 0 Å². The van der Waals surface area contributed by atoms with Crippen LogP contribution in [0, 0.1) is 0 Å². The number of sulfonamides is 4. The zero-order chi connectivity index (χ0) is 45.1. The van der Waals surface area contributed by atoms with Crippen LogP contribution in [-0.2, 0) is 64.8 Å². The summed E-state index contributed by atoms with van der Waals surface area (Å²) >= 11 is 0. The summed E-state index contributed by atoms with van der Waals surface area (Å²) in [5.74, 6) is 0. The van der Waals surface area contributed by atoms with E-state index in [0.29, 0.717) is 0 Å². The van der Waals surface area contributed by atoms with Crippen LogP contribution in [0.4, 0.5) is 96.6 Å². The van der Waals surface area contributed by atoms with Gasteiger partial charge in [0.2, 0.25) is 0 Å². The van der Waals surface area contributed by atoms with Gasteiger partial charge in [0.15, 0.2) is 20.0 Å². The molecule has 0 aliphatic heterocycles. The van der Waals surface area contributed by atoms with Crippen LogP contribution < -0.4 is 0 Å². The van der Waals surface area contributed by atoms with Crippen LogP contribution in [0.5, 0.6) is 0 Å². The van der Waals surface area contributed by atoms with Gasteiger partial charge in [0.05, 0.1) is 32.0 Å². The van der Waals surface area contributed by atoms with E-state index < -0.39 is 156 Å². The number of halogens is 22. The third kappa shape index (κ3) is 12.7. The predicted octanol–water partition coefficient (Wildman–Crippen LogP) is 8.16. The summed E-state index contributed by atoms with van der Waals surface area (Å²) in [4.78, 5) is -4.45. The first kappa shape index (κ1) is 54.4. The molecule has 2 aromatic carbocycles. The van der Waals surface area contributed by atoms with Gasteiger partial charge in [-0.1, -0.05) is 0 Å². The van der Waals surface area contributed by atoms with Gasteiger partial charge in [-0.05, 0) is 36.4 Å². The molecule has 37 heteroatoms. The molecule has 10 nitrogen and oxygen atoms in total. The first-order valence-electron chi connectivity index (χ1n) is 12.0. The van der Waals surface area contributed by atoms with Crippen LogP contribution in [-0.4, -0.2) is 79.6 Å². The minimum Gasteiger partial charge on any atom is -0.426 e. The Balaban J connectivity index is 0.00000108. The fourth-order valence-corrected chi connectivity index (χ4v) is 8.07. The van der Waals surface area contributed by atoms with Crippen LogP contribution in [0.3, 0.4) is 0 Å². The molecule has 0 heterocycles. The molecule has 0 saturated carbocycles. The van der Waals surface area contributed by atoms with E-state index in [9.17, 15) is 130 Å². The van der Waals surface area contributed by atoms with Crippen molar-refractivity contribution in [3.8, 4) is 0 Å². The maximum Gasteiger partial charge on any atom is 2.00 e. The van der Waals surface area contributed by atoms with Crippen LogP contribution >= 0.6 is 0 Å². The van der Waals surface area contributed by atoms with Gasteiger partial charge < -0.3 is 8.25 Å². The first-order valence-corrected chi connectivity index (χ1v) is 17.8. The Labute approximate surface area is 316 Å². The van der Waals surface area contributed by atoms with E-state index in [1.54, 1.807) is 0 Å². The zero-order valence-corrected chi connectivity index (χ0v) is 30.0. The van der Waals surface area contributed by atoms with Crippen molar-refractivity contribution in [2.24, 2.45) is 0 Å². The van der Waals surface area contributed by atoms with Crippen LogP contribution in [0.1, 0.15) is 22.3 Å². The zero-order valence-electron chi connectivity index (χ0n) is 25.3. The molecule has 324 valence electrons. The normalized spacial score (nSPS) is 14.7. The number of nitrogens with zero attached hydrogens (tertiary/aromatic N) is 2. The van der Waals surface area contributed by atoms with Crippen molar-refractivity contribution < 1.29 is 130 Å². The molecule has 0 aliphatic rings. The quantitative estimate of drug-likeness (QED) is 0.189. The maximum absolute atomic E-state index is 12.9. The standard InChI is InChI=1S/2C10H3F11NO4S2.Mg/c2*11-7(12,13)4-1-5(8(14,15)16)3-6(2-4)27(23,24)22-28(25,26)10(20,21)9(17,18)19;/h2*1-3H;/q2*-1;+2. The monoisotopic (exact) mass is 972 g/mol. The summed E-state index contributed by atoms with van der Waals surface area (Å²) in [6, 6.07) is -3.66. The van der Waals surface area contributed by atoms with Gasteiger partial charge in [0, 0.05) is 0 Å². The topological polar surface area (TPSA) is 165 Å². The molecule has 0 unspecified atom stereocenters. The number of hydrogen-bond donors (Lipinski definition) is 0. The Bertz CT molecular complexity index is 2020. The maximum atomic E-state index is 12.9. The van der Waals surface area contributed by atoms with Crippen molar-refractivity contribution >= 4 is 63.1 Å². The molecule has 2 rings (SSSR count). The summed E-state index contributed by atoms with van der Waals surface area (Å²) in [5, 5.41) is -13.6. The van der Waals surface area contributed by atoms with Gasteiger partial charge >= 0.3 is 70.6 Å². The Morgan fingerprint density at radius 1 is 0.333 bits per heavy atom. The van der Waals surface area contributed by atoms with E-state index in [1.807, 2.05) is 0 Å². The van der Waals surface area contributed by atoms with E-state index in [0.717, 1.165) is 0 Å². The first-order chi connectivity index (χ1) is 24.0. The van der Waals surface area contributed by atoms with Crippen LogP contribution in [0.25, 0.3) is 8.25 Å². The summed E-state index contributed by atoms with van der Waals surface area (Å²) in [6.07, 6.45) is -36.3. The molecule has 0 saturated heterocycles. The SMILES string of the molecule is O=S(=O)([N-]S(=O)(=O)C(F)(F)C(F)(F)F)c1cc(C(F)(F)F)cc(C(F)(F)F)c1.O=S(=O)([N-]S(=O)(=O)C(F)(F)C(F)(F)F)c1cc(C(F)(F)F)cc(C(F)(F)F)c1.[Mg+2]. The Hall–Kier alpha value is -2.61. The molecular weight excluding hydrogens is 967 g/mol. The van der Waals surface area contributed by atoms with Crippen molar-refractivity contribution in [1.29, 1.82) is 0 Å². The number of alkyl halides is 22. The smallest absolute Gasteiger partial charge is 0.426 e. The number of hydrogen-bond acceptors (Lipinski definition) is 8. The Kier molecular flexibility index (Phi) is 15.4. The molecule has 57 heavy (non-hydrogen) atoms. The molecule has 0 bridgehead atoms. The van der Waals surface area contributed by atoms with Gasteiger partial charge in [-0.15, -0.1) is 0 Å². The van der Waals surface area contributed by atoms with Crippen molar-refractivity contribution in [2.75, 3.05) is 0 Å². The molecule has 0 aromatic heterocycles. The summed E-state index contributed by atoms with van der Waals surface area (Å²) in [5.41, 5.74) is -9.24. The average molecular weight is 973 g/mol. The second kappa shape index (κ2) is 16.1. The van der Waals surface area contributed by atoms with Crippen molar-refractivity contribution in [1.82, 2.24) is 0 Å². The molecular formula is C20H6F22MgN2O8S4. The minimum atomic E-state index is -7.30. The summed E-state index contributed by atoms with van der Waals surface area (Å²) in [6.45, 7) is 0. The van der Waals surface area contributed by atoms with Crippen molar-refractivity contribution in [2.45, 2.75) is 57.4 Å². The van der Waals surface area contributed by atoms with Crippen molar-refractivity contribution in [3.63, 3.8) is 0 Å². The van der Waals surface area contributed by atoms with Gasteiger partial charge in [0.25, 0.3) is 0 Å². The third-order valence-corrected chi connectivity index (χ3v) is 12.0. The van der Waals surface area contributed by atoms with E-state index in [-0.39, 0.29) is 23.1 Å². The molecule has 0 amide bonds. The number of benzene rings is 2. The molecule has 0 N–H and O–H groups in total. The molecule has 0 spiro atoms. The molecule has 0 aliphatic carbocycles. The second-order valence-corrected chi connectivity index (χ2v) is 16.5.